The van der Waals surface area contributed by atoms with Crippen LogP contribution in [0.25, 0.3) is 0 Å². The average molecular weight is 281 g/mol. The molecule has 5 nitrogen and oxygen atoms in total. The molecule has 2 saturated heterocycles. The fourth-order valence-corrected chi connectivity index (χ4v) is 2.58. The van der Waals surface area contributed by atoms with Gasteiger partial charge in [0.15, 0.2) is 0 Å². The second-order valence-corrected chi connectivity index (χ2v) is 5.18. The lowest BCUT2D eigenvalue weighted by Crippen LogP contribution is -2.48. The zero-order chi connectivity index (χ0) is 13.4. The predicted molar refractivity (Wildman–Crippen MR) is 68.7 cm³/mol. The van der Waals surface area contributed by atoms with Crippen molar-refractivity contribution in [2.24, 2.45) is 0 Å². The summed E-state index contributed by atoms with van der Waals surface area (Å²) in [6.45, 7) is 0.905. The molecule has 0 saturated carbocycles. The molecular weight excluding hydrogens is 268 g/mol. The van der Waals surface area contributed by atoms with Gasteiger partial charge in [0.05, 0.1) is 6.54 Å². The Bertz CT molecular complexity index is 517. The van der Waals surface area contributed by atoms with Gasteiger partial charge in [0.1, 0.15) is 12.1 Å². The van der Waals surface area contributed by atoms with E-state index in [1.165, 1.54) is 0 Å². The number of fused-ring (bicyclic) bond motifs is 2. The van der Waals surface area contributed by atoms with E-state index < -0.39 is 6.04 Å². The summed E-state index contributed by atoms with van der Waals surface area (Å²) in [6.07, 6.45) is 0.492. The molecule has 2 atom stereocenters. The van der Waals surface area contributed by atoms with Crippen LogP contribution in [0.15, 0.2) is 24.3 Å². The van der Waals surface area contributed by atoms with Crippen LogP contribution in [0.1, 0.15) is 12.0 Å². The van der Waals surface area contributed by atoms with Gasteiger partial charge in [0, 0.05) is 18.0 Å². The molecule has 2 fully saturated rings. The number of nitrogens with one attached hydrogen (secondary N) is 1. The van der Waals surface area contributed by atoms with Gasteiger partial charge in [-0.25, -0.2) is 9.59 Å². The molecule has 100 valence electrons. The van der Waals surface area contributed by atoms with Crippen molar-refractivity contribution in [2.75, 3.05) is 6.54 Å². The van der Waals surface area contributed by atoms with Crippen molar-refractivity contribution in [2.45, 2.75) is 25.1 Å². The van der Waals surface area contributed by atoms with Crippen molar-refractivity contribution < 1.29 is 14.3 Å². The Morgan fingerprint density at radius 1 is 1.42 bits per heavy atom. The van der Waals surface area contributed by atoms with Crippen LogP contribution in [0.4, 0.5) is 4.79 Å². The number of nitrogens with zero attached hydrogens (tertiary/aromatic N) is 1. The highest BCUT2D eigenvalue weighted by Gasteiger charge is 2.48. The van der Waals surface area contributed by atoms with E-state index in [0.717, 1.165) is 5.56 Å². The third-order valence-electron chi connectivity index (χ3n) is 3.44. The maximum Gasteiger partial charge on any atom is 0.329 e. The summed E-state index contributed by atoms with van der Waals surface area (Å²) in [5, 5.41) is 3.46. The van der Waals surface area contributed by atoms with E-state index in [4.69, 9.17) is 16.3 Å². The predicted octanol–water partition coefficient (Wildman–Crippen LogP) is 1.55. The number of esters is 1. The number of amides is 2. The SMILES string of the molecule is O=C1O[C@@H]2C[C@H]1N(C(=O)NCc1ccc(Cl)cc1)C2. The van der Waals surface area contributed by atoms with Gasteiger partial charge in [0.2, 0.25) is 0 Å². The highest BCUT2D eigenvalue weighted by atomic mass is 35.5. The smallest absolute Gasteiger partial charge is 0.329 e. The lowest BCUT2D eigenvalue weighted by Gasteiger charge is -2.25. The molecule has 1 aromatic carbocycles. The molecule has 2 aliphatic heterocycles. The lowest BCUT2D eigenvalue weighted by molar-refractivity contribution is -0.149. The van der Waals surface area contributed by atoms with Gasteiger partial charge in [-0.1, -0.05) is 23.7 Å². The van der Waals surface area contributed by atoms with Crippen LogP contribution in [-0.4, -0.2) is 35.6 Å². The summed E-state index contributed by atoms with van der Waals surface area (Å²) < 4.78 is 5.04. The number of rotatable bonds is 2. The van der Waals surface area contributed by atoms with Crippen LogP contribution in [0.3, 0.4) is 0 Å². The van der Waals surface area contributed by atoms with Gasteiger partial charge in [-0.3, -0.25) is 0 Å². The highest BCUT2D eigenvalue weighted by Crippen LogP contribution is 2.28. The number of ether oxygens (including phenoxy) is 1. The molecule has 1 aromatic rings. The van der Waals surface area contributed by atoms with Crippen LogP contribution in [0.2, 0.25) is 5.02 Å². The Balaban J connectivity index is 1.57. The third kappa shape index (κ3) is 2.38. The molecule has 0 radical (unpaired) electrons. The first-order valence-corrected chi connectivity index (χ1v) is 6.50. The van der Waals surface area contributed by atoms with E-state index >= 15 is 0 Å². The van der Waals surface area contributed by atoms with Gasteiger partial charge >= 0.3 is 12.0 Å². The average Bonchev–Trinajstić information content (AvgIpc) is 2.96. The topological polar surface area (TPSA) is 58.6 Å². The van der Waals surface area contributed by atoms with E-state index in [1.54, 1.807) is 17.0 Å². The van der Waals surface area contributed by atoms with Crippen LogP contribution < -0.4 is 5.32 Å². The molecule has 0 spiro atoms. The van der Waals surface area contributed by atoms with E-state index in [1.807, 2.05) is 12.1 Å². The van der Waals surface area contributed by atoms with E-state index in [2.05, 4.69) is 5.32 Å². The Labute approximate surface area is 115 Å². The Hall–Kier alpha value is -1.75. The molecule has 0 aromatic heterocycles. The molecular formula is C13H13ClN2O3. The van der Waals surface area contributed by atoms with Gasteiger partial charge in [-0.05, 0) is 17.7 Å². The minimum absolute atomic E-state index is 0.126. The van der Waals surface area contributed by atoms with Gasteiger partial charge in [0.25, 0.3) is 0 Å². The number of urea groups is 1. The quantitative estimate of drug-likeness (QED) is 0.836. The van der Waals surface area contributed by atoms with Crippen molar-refractivity contribution >= 4 is 23.6 Å². The number of likely N-dealkylation sites (tertiary alicyclic amines) is 1. The number of hydrogen-bond donors (Lipinski definition) is 1. The van der Waals surface area contributed by atoms with E-state index in [0.29, 0.717) is 24.5 Å². The van der Waals surface area contributed by atoms with E-state index in [-0.39, 0.29) is 18.1 Å². The Kier molecular flexibility index (Phi) is 3.06. The number of carbonyl (C=O) groups is 2. The first-order chi connectivity index (χ1) is 9.13. The monoisotopic (exact) mass is 280 g/mol. The fourth-order valence-electron chi connectivity index (χ4n) is 2.45. The molecule has 2 heterocycles. The number of carbonyl (C=O) groups excluding carboxylic acids is 2. The molecule has 6 heteroatoms. The normalized spacial score (nSPS) is 24.5. The third-order valence-corrected chi connectivity index (χ3v) is 3.69. The standard InChI is InChI=1S/C13H13ClN2O3/c14-9-3-1-8(2-4-9)6-15-13(18)16-7-10-5-11(16)12(17)19-10/h1-4,10-11H,5-7H2,(H,15,18)/t10-,11-/m1/s1. The van der Waals surface area contributed by atoms with Crippen molar-refractivity contribution in [3.63, 3.8) is 0 Å². The van der Waals surface area contributed by atoms with Crippen molar-refractivity contribution in [3.05, 3.63) is 34.9 Å². The van der Waals surface area contributed by atoms with Gasteiger partial charge in [-0.2, -0.15) is 0 Å². The van der Waals surface area contributed by atoms with Crippen LogP contribution >= 0.6 is 11.6 Å². The highest BCUT2D eigenvalue weighted by molar-refractivity contribution is 6.30. The second kappa shape index (κ2) is 4.74. The van der Waals surface area contributed by atoms with Crippen LogP contribution in [0.5, 0.6) is 0 Å². The summed E-state index contributed by atoms with van der Waals surface area (Å²) in [6, 6.07) is 6.63. The van der Waals surface area contributed by atoms with Crippen molar-refractivity contribution in [3.8, 4) is 0 Å². The maximum atomic E-state index is 12.0. The zero-order valence-electron chi connectivity index (χ0n) is 10.1. The second-order valence-electron chi connectivity index (χ2n) is 4.75. The summed E-state index contributed by atoms with van der Waals surface area (Å²) in [5.74, 6) is -0.294. The molecule has 0 aliphatic carbocycles. The van der Waals surface area contributed by atoms with Crippen molar-refractivity contribution in [1.29, 1.82) is 0 Å². The fraction of sp³-hybridized carbons (Fsp3) is 0.385. The summed E-state index contributed by atoms with van der Waals surface area (Å²) in [5.41, 5.74) is 0.963. The first-order valence-electron chi connectivity index (χ1n) is 6.13. The number of benzene rings is 1. The number of morpholine rings is 1. The Morgan fingerprint density at radius 2 is 2.16 bits per heavy atom. The van der Waals surface area contributed by atoms with Crippen LogP contribution in [0, 0.1) is 0 Å². The minimum atomic E-state index is -0.407. The van der Waals surface area contributed by atoms with Crippen molar-refractivity contribution in [1.82, 2.24) is 10.2 Å². The maximum absolute atomic E-state index is 12.0. The zero-order valence-corrected chi connectivity index (χ0v) is 10.9. The number of hydrogen-bond acceptors (Lipinski definition) is 3. The molecule has 0 unspecified atom stereocenters. The summed E-state index contributed by atoms with van der Waals surface area (Å²) in [4.78, 5) is 25.0. The summed E-state index contributed by atoms with van der Waals surface area (Å²) in [7, 11) is 0. The molecule has 3 rings (SSSR count). The van der Waals surface area contributed by atoms with Gasteiger partial charge < -0.3 is 15.0 Å². The van der Waals surface area contributed by atoms with Gasteiger partial charge in [-0.15, -0.1) is 0 Å². The molecule has 2 aliphatic rings. The molecule has 2 bridgehead atoms. The number of halogens is 1. The van der Waals surface area contributed by atoms with Crippen LogP contribution in [-0.2, 0) is 16.1 Å². The Morgan fingerprint density at radius 3 is 2.79 bits per heavy atom. The summed E-state index contributed by atoms with van der Waals surface area (Å²) >= 11 is 5.79. The van der Waals surface area contributed by atoms with E-state index in [9.17, 15) is 9.59 Å². The molecule has 19 heavy (non-hydrogen) atoms. The molecule has 1 N–H and O–H groups in total. The minimum Gasteiger partial charge on any atom is -0.459 e. The first kappa shape index (κ1) is 12.3. The molecule has 2 amide bonds. The lowest BCUT2D eigenvalue weighted by atomic mass is 10.2. The largest absolute Gasteiger partial charge is 0.459 e.